The standard InChI is InChI=1S/C58H68N4O10/c1-32(2)14-13-21-56(8)22-20-38-50(70-56)37(18-17-33(3)4)52-45(51(38)69-42(64)31-41(63)61-28-26-60(9)27-29-61)48-46-43(44-47(62(48)25-24-59)35-15-11-12-16-36(35)49(44)65)39-30-40-55(6,7)72-57(53(39)66,58(40,46)71-52)23-19-34(5)54(67)68-10/h11-12,14-17,19-20,22,39-40,43H,13,18,21,23-31,59H2,1-10H3/b34-19-. The molecule has 380 valence electrons. The molecule has 6 atom stereocenters. The number of nitrogens with two attached hydrogens (primary N) is 1. The van der Waals surface area contributed by atoms with Crippen molar-refractivity contribution < 1.29 is 47.7 Å². The molecular weight excluding hydrogens is 913 g/mol. The predicted molar refractivity (Wildman–Crippen MR) is 273 cm³/mol. The van der Waals surface area contributed by atoms with Gasteiger partial charge < -0.3 is 44.1 Å². The van der Waals surface area contributed by atoms with Gasteiger partial charge in [0.1, 0.15) is 23.5 Å². The molecule has 4 aliphatic carbocycles. The SMILES string of the molecule is COC(=O)/C(C)=C\CC12OC(C)(C)C3CC(C1=O)C1C4=C(c5ccccc5C4=O)N(CCN)C4=C1C32Oc1c(CC=C(C)C)c2c(c(OC(=O)CC(=O)N3CCN(C)CC3)c14)C=CC(C)(CCC=C(C)C)O2. The summed E-state index contributed by atoms with van der Waals surface area (Å²) in [5, 5.41) is 0. The lowest BCUT2D eigenvalue weighted by Crippen LogP contribution is -2.75. The molecule has 5 aliphatic heterocycles. The third-order valence-corrected chi connectivity index (χ3v) is 16.5. The van der Waals surface area contributed by atoms with Crippen LogP contribution in [-0.4, -0.2) is 120 Å². The Kier molecular flexibility index (Phi) is 12.3. The van der Waals surface area contributed by atoms with E-state index in [-0.39, 0.29) is 42.7 Å². The van der Waals surface area contributed by atoms with Gasteiger partial charge >= 0.3 is 11.9 Å². The third kappa shape index (κ3) is 7.40. The zero-order valence-corrected chi connectivity index (χ0v) is 43.4. The van der Waals surface area contributed by atoms with Crippen LogP contribution in [0.3, 0.4) is 0 Å². The Balaban J connectivity index is 1.30. The van der Waals surface area contributed by atoms with Gasteiger partial charge in [0.2, 0.25) is 5.91 Å². The van der Waals surface area contributed by atoms with Gasteiger partial charge in [0.05, 0.1) is 35.2 Å². The van der Waals surface area contributed by atoms with Crippen molar-refractivity contribution in [3.05, 3.63) is 104 Å². The van der Waals surface area contributed by atoms with E-state index in [4.69, 9.17) is 29.4 Å². The number of allylic oxidation sites excluding steroid dienone is 5. The van der Waals surface area contributed by atoms with Crippen LogP contribution in [-0.2, 0) is 35.1 Å². The van der Waals surface area contributed by atoms with Crippen molar-refractivity contribution in [2.45, 2.75) is 116 Å². The van der Waals surface area contributed by atoms with Crippen LogP contribution in [0.2, 0.25) is 0 Å². The first-order valence-electron chi connectivity index (χ1n) is 25.6. The van der Waals surface area contributed by atoms with Crippen LogP contribution in [0.15, 0.2) is 76.4 Å². The highest BCUT2D eigenvalue weighted by molar-refractivity contribution is 6.23. The summed E-state index contributed by atoms with van der Waals surface area (Å²) in [6, 6.07) is 7.51. The fourth-order valence-electron chi connectivity index (χ4n) is 13.2. The molecule has 3 saturated carbocycles. The third-order valence-electron chi connectivity index (χ3n) is 16.5. The van der Waals surface area contributed by atoms with E-state index in [1.807, 2.05) is 78.1 Å². The molecule has 6 unspecified atom stereocenters. The number of rotatable bonds is 13. The van der Waals surface area contributed by atoms with Gasteiger partial charge in [-0.25, -0.2) is 4.79 Å². The number of carbonyl (C=O) groups excluding carboxylic acids is 5. The molecule has 0 aromatic heterocycles. The van der Waals surface area contributed by atoms with E-state index in [9.17, 15) is 14.4 Å². The average molecular weight is 981 g/mol. The first-order valence-corrected chi connectivity index (χ1v) is 25.6. The fourth-order valence-corrected chi connectivity index (χ4v) is 13.2. The van der Waals surface area contributed by atoms with Crippen molar-refractivity contribution in [3.63, 3.8) is 0 Å². The van der Waals surface area contributed by atoms with E-state index < -0.39 is 58.5 Å². The van der Waals surface area contributed by atoms with Crippen LogP contribution < -0.4 is 19.9 Å². The van der Waals surface area contributed by atoms with Crippen LogP contribution in [0.25, 0.3) is 17.5 Å². The Morgan fingerprint density at radius 2 is 1.61 bits per heavy atom. The first-order chi connectivity index (χ1) is 34.2. The molecule has 2 aromatic rings. The van der Waals surface area contributed by atoms with E-state index in [1.54, 1.807) is 17.9 Å². The smallest absolute Gasteiger partial charge is 0.333 e. The number of piperazine rings is 1. The van der Waals surface area contributed by atoms with Gasteiger partial charge in [0.15, 0.2) is 28.5 Å². The predicted octanol–water partition coefficient (Wildman–Crippen LogP) is 7.79. The van der Waals surface area contributed by atoms with Crippen LogP contribution in [0.1, 0.15) is 120 Å². The molecule has 1 amide bonds. The Morgan fingerprint density at radius 1 is 0.903 bits per heavy atom. The minimum absolute atomic E-state index is 0.0365. The van der Waals surface area contributed by atoms with Crippen LogP contribution >= 0.6 is 0 Å². The van der Waals surface area contributed by atoms with Gasteiger partial charge in [-0.1, -0.05) is 53.6 Å². The fraction of sp³-hybridized carbons (Fsp3) is 0.500. The second-order valence-corrected chi connectivity index (χ2v) is 22.2. The maximum absolute atomic E-state index is 16.1. The maximum atomic E-state index is 16.1. The Hall–Kier alpha value is -6.09. The van der Waals surface area contributed by atoms with Gasteiger partial charge in [-0.3, -0.25) is 19.2 Å². The van der Waals surface area contributed by atoms with Crippen LogP contribution in [0.5, 0.6) is 17.2 Å². The summed E-state index contributed by atoms with van der Waals surface area (Å²) < 4.78 is 34.5. The number of fused-ring (bicyclic) bond motifs is 5. The highest BCUT2D eigenvalue weighted by Crippen LogP contribution is 2.75. The number of methoxy groups -OCH3 is 1. The molecule has 2 saturated heterocycles. The lowest BCUT2D eigenvalue weighted by atomic mass is 9.44. The number of carbonyl (C=O) groups is 5. The summed E-state index contributed by atoms with van der Waals surface area (Å²) in [4.78, 5) is 79.0. The first kappa shape index (κ1) is 49.5. The number of benzene rings is 2. The van der Waals surface area contributed by atoms with Crippen molar-refractivity contribution in [3.8, 4) is 17.2 Å². The molecule has 11 rings (SSSR count). The molecule has 2 aromatic carbocycles. The normalized spacial score (nSPS) is 28.1. The zero-order valence-electron chi connectivity index (χ0n) is 43.4. The number of ether oxygens (including phenoxy) is 5. The largest absolute Gasteiger partial charge is 0.482 e. The minimum Gasteiger partial charge on any atom is -0.482 e. The molecular formula is C58H68N4O10. The van der Waals surface area contributed by atoms with Crippen LogP contribution in [0.4, 0.5) is 0 Å². The monoisotopic (exact) mass is 980 g/mol. The molecule has 9 aliphatic rings. The molecule has 72 heavy (non-hydrogen) atoms. The second kappa shape index (κ2) is 17.8. The average Bonchev–Trinajstić information content (AvgIpc) is 3.70. The number of hydrogen-bond donors (Lipinski definition) is 1. The number of hydrogen-bond acceptors (Lipinski definition) is 13. The topological polar surface area (TPSA) is 167 Å². The molecule has 4 bridgehead atoms. The number of nitrogens with zero attached hydrogens (tertiary/aromatic N) is 3. The molecule has 2 N–H and O–H groups in total. The van der Waals surface area contributed by atoms with E-state index in [0.717, 1.165) is 12.0 Å². The molecule has 5 fully saturated rings. The second-order valence-electron chi connectivity index (χ2n) is 22.2. The van der Waals surface area contributed by atoms with Crippen molar-refractivity contribution in [2.24, 2.45) is 23.5 Å². The summed E-state index contributed by atoms with van der Waals surface area (Å²) >= 11 is 0. The molecule has 5 heterocycles. The maximum Gasteiger partial charge on any atom is 0.333 e. The highest BCUT2D eigenvalue weighted by Gasteiger charge is 2.84. The van der Waals surface area contributed by atoms with Gasteiger partial charge in [0, 0.05) is 96.9 Å². The van der Waals surface area contributed by atoms with Gasteiger partial charge in [-0.2, -0.15) is 0 Å². The van der Waals surface area contributed by atoms with Gasteiger partial charge in [0.25, 0.3) is 0 Å². The Labute approximate surface area is 422 Å². The van der Waals surface area contributed by atoms with Crippen molar-refractivity contribution in [1.82, 2.24) is 14.7 Å². The van der Waals surface area contributed by atoms with Gasteiger partial charge in [-0.05, 0) is 100 Å². The van der Waals surface area contributed by atoms with E-state index in [1.165, 1.54) is 12.7 Å². The Morgan fingerprint density at radius 3 is 2.29 bits per heavy atom. The number of amides is 1. The summed E-state index contributed by atoms with van der Waals surface area (Å²) in [5.74, 6) is -2.99. The van der Waals surface area contributed by atoms with E-state index in [0.29, 0.717) is 113 Å². The number of esters is 2. The Bertz CT molecular complexity index is 2920. The van der Waals surface area contributed by atoms with Crippen molar-refractivity contribution in [2.75, 3.05) is 53.4 Å². The minimum atomic E-state index is -1.70. The highest BCUT2D eigenvalue weighted by atomic mass is 16.6. The summed E-state index contributed by atoms with van der Waals surface area (Å²) in [6.45, 7) is 18.6. The lowest BCUT2D eigenvalue weighted by molar-refractivity contribution is -0.181. The summed E-state index contributed by atoms with van der Waals surface area (Å²) in [6.07, 6.45) is 11.5. The van der Waals surface area contributed by atoms with Crippen molar-refractivity contribution in [1.29, 1.82) is 0 Å². The van der Waals surface area contributed by atoms with E-state index in [2.05, 4.69) is 35.8 Å². The lowest BCUT2D eigenvalue weighted by Gasteiger charge is -2.63. The number of ketones is 2. The van der Waals surface area contributed by atoms with Crippen molar-refractivity contribution >= 4 is 46.9 Å². The quantitative estimate of drug-likeness (QED) is 0.0680. The summed E-state index contributed by atoms with van der Waals surface area (Å²) in [7, 11) is 3.32. The zero-order chi connectivity index (χ0) is 51.4. The van der Waals surface area contributed by atoms with Gasteiger partial charge in [-0.15, -0.1) is 0 Å². The molecule has 14 nitrogen and oxygen atoms in total. The van der Waals surface area contributed by atoms with Crippen LogP contribution in [0, 0.1) is 17.8 Å². The summed E-state index contributed by atoms with van der Waals surface area (Å²) in [5.41, 5.74) is 9.47. The number of Topliss-reactive ketones (excluding diaryl/α,β-unsaturated/α-hetero) is 2. The number of likely N-dealkylation sites (N-methyl/N-ethyl adjacent to an activating group) is 1. The van der Waals surface area contributed by atoms with E-state index >= 15 is 9.59 Å². The molecule has 0 radical (unpaired) electrons. The molecule has 14 heteroatoms. The molecule has 1 spiro atoms.